The van der Waals surface area contributed by atoms with Gasteiger partial charge in [-0.3, -0.25) is 0 Å². The van der Waals surface area contributed by atoms with Gasteiger partial charge in [0.15, 0.2) is 0 Å². The molecule has 0 radical (unpaired) electrons. The van der Waals surface area contributed by atoms with Crippen LogP contribution in [0.3, 0.4) is 0 Å². The van der Waals surface area contributed by atoms with Crippen molar-refractivity contribution in [3.05, 3.63) is 0 Å². The summed E-state index contributed by atoms with van der Waals surface area (Å²) in [6.45, 7) is -1.37. The van der Waals surface area contributed by atoms with Crippen LogP contribution in [0.4, 0.5) is 18.0 Å². The lowest BCUT2D eigenvalue weighted by atomic mass is 9.80. The second-order valence-corrected chi connectivity index (χ2v) is 3.73. The number of halogens is 3. The Bertz CT molecular complexity index is 239. The number of alkyl halides is 3. The summed E-state index contributed by atoms with van der Waals surface area (Å²) in [6, 6.07) is -0.910. The summed E-state index contributed by atoms with van der Waals surface area (Å²) >= 11 is 0. The Morgan fingerprint density at radius 1 is 1.33 bits per heavy atom. The van der Waals surface area contributed by atoms with Crippen molar-refractivity contribution in [2.75, 3.05) is 13.1 Å². The molecule has 0 spiro atoms. The molecule has 0 aromatic rings. The molecular weight excluding hydrogens is 213 g/mol. The number of carbonyl (C=O) groups excluding carboxylic acids is 1. The van der Waals surface area contributed by atoms with Gasteiger partial charge in [-0.25, -0.2) is 4.79 Å². The zero-order valence-corrected chi connectivity index (χ0v) is 8.02. The smallest absolute Gasteiger partial charge is 0.388 e. The van der Waals surface area contributed by atoms with Gasteiger partial charge in [-0.05, 0) is 19.3 Å². The molecule has 1 saturated carbocycles. The topological polar surface area (TPSA) is 61.4 Å². The highest BCUT2D eigenvalue weighted by atomic mass is 19.4. The Hall–Kier alpha value is -0.980. The van der Waals surface area contributed by atoms with Crippen LogP contribution in [-0.4, -0.2) is 36.0 Å². The largest absolute Gasteiger partial charge is 0.405 e. The number of hydrogen-bond acceptors (Lipinski definition) is 2. The minimum Gasteiger partial charge on any atom is -0.388 e. The van der Waals surface area contributed by atoms with E-state index in [0.29, 0.717) is 12.8 Å². The standard InChI is InChI=1S/C8H13F3N2O2/c9-8(10,11)5-13-6(14)12-4-7(15)2-1-3-7/h15H,1-5H2,(H2,12,13,14). The Morgan fingerprint density at radius 3 is 2.33 bits per heavy atom. The maximum Gasteiger partial charge on any atom is 0.405 e. The molecule has 4 nitrogen and oxygen atoms in total. The molecule has 0 aliphatic heterocycles. The fraction of sp³-hybridized carbons (Fsp3) is 0.875. The number of carbonyl (C=O) groups is 1. The van der Waals surface area contributed by atoms with Gasteiger partial charge in [-0.15, -0.1) is 0 Å². The molecular formula is C8H13F3N2O2. The Labute approximate surface area is 84.8 Å². The van der Waals surface area contributed by atoms with Crippen molar-refractivity contribution in [1.29, 1.82) is 0 Å². The van der Waals surface area contributed by atoms with Crippen LogP contribution in [0.15, 0.2) is 0 Å². The summed E-state index contributed by atoms with van der Waals surface area (Å²) in [4.78, 5) is 10.8. The van der Waals surface area contributed by atoms with Gasteiger partial charge in [-0.2, -0.15) is 13.2 Å². The first-order chi connectivity index (χ1) is 6.81. The Kier molecular flexibility index (Phi) is 3.43. The molecule has 0 aromatic heterocycles. The monoisotopic (exact) mass is 226 g/mol. The number of nitrogens with one attached hydrogen (secondary N) is 2. The molecule has 0 heterocycles. The van der Waals surface area contributed by atoms with E-state index in [9.17, 15) is 23.1 Å². The minimum absolute atomic E-state index is 0.00328. The van der Waals surface area contributed by atoms with E-state index >= 15 is 0 Å². The van der Waals surface area contributed by atoms with Crippen LogP contribution in [0.1, 0.15) is 19.3 Å². The third kappa shape index (κ3) is 4.37. The van der Waals surface area contributed by atoms with Crippen LogP contribution < -0.4 is 10.6 Å². The first-order valence-corrected chi connectivity index (χ1v) is 4.62. The van der Waals surface area contributed by atoms with E-state index in [1.165, 1.54) is 0 Å². The molecule has 1 aliphatic rings. The number of rotatable bonds is 3. The van der Waals surface area contributed by atoms with Gasteiger partial charge >= 0.3 is 12.2 Å². The molecule has 0 bridgehead atoms. The van der Waals surface area contributed by atoms with Gasteiger partial charge in [-0.1, -0.05) is 0 Å². The molecule has 1 fully saturated rings. The number of urea groups is 1. The van der Waals surface area contributed by atoms with Crippen molar-refractivity contribution in [3.63, 3.8) is 0 Å². The van der Waals surface area contributed by atoms with Crippen LogP contribution in [0.2, 0.25) is 0 Å². The highest BCUT2D eigenvalue weighted by molar-refractivity contribution is 5.73. The lowest BCUT2D eigenvalue weighted by molar-refractivity contribution is -0.122. The molecule has 2 amide bonds. The maximum atomic E-state index is 11.7. The number of aliphatic hydroxyl groups is 1. The van der Waals surface area contributed by atoms with Crippen LogP contribution in [0, 0.1) is 0 Å². The van der Waals surface area contributed by atoms with E-state index in [2.05, 4.69) is 5.32 Å². The normalized spacial score (nSPS) is 19.2. The summed E-state index contributed by atoms with van der Waals surface area (Å²) in [5, 5.41) is 13.4. The third-order valence-corrected chi connectivity index (χ3v) is 2.31. The molecule has 7 heteroatoms. The van der Waals surface area contributed by atoms with Gasteiger partial charge < -0.3 is 15.7 Å². The lowest BCUT2D eigenvalue weighted by Crippen LogP contribution is -2.51. The van der Waals surface area contributed by atoms with E-state index in [1.807, 2.05) is 0 Å². The Morgan fingerprint density at radius 2 is 1.93 bits per heavy atom. The van der Waals surface area contributed by atoms with Gasteiger partial charge in [0.25, 0.3) is 0 Å². The second-order valence-electron chi connectivity index (χ2n) is 3.73. The SMILES string of the molecule is O=C(NCC(F)(F)F)NCC1(O)CCC1. The molecule has 0 saturated heterocycles. The first-order valence-electron chi connectivity index (χ1n) is 4.62. The molecule has 0 aromatic carbocycles. The van der Waals surface area contributed by atoms with Crippen molar-refractivity contribution in [1.82, 2.24) is 10.6 Å². The fourth-order valence-electron chi connectivity index (χ4n) is 1.25. The van der Waals surface area contributed by atoms with Crippen LogP contribution >= 0.6 is 0 Å². The average molecular weight is 226 g/mol. The second kappa shape index (κ2) is 4.26. The van der Waals surface area contributed by atoms with E-state index < -0.39 is 24.4 Å². The van der Waals surface area contributed by atoms with Crippen LogP contribution in [0.25, 0.3) is 0 Å². The predicted octanol–water partition coefficient (Wildman–Crippen LogP) is 0.763. The average Bonchev–Trinajstić information content (AvgIpc) is 2.07. The Balaban J connectivity index is 2.14. The van der Waals surface area contributed by atoms with Crippen molar-refractivity contribution in [2.45, 2.75) is 31.0 Å². The molecule has 3 N–H and O–H groups in total. The third-order valence-electron chi connectivity index (χ3n) is 2.31. The van der Waals surface area contributed by atoms with Crippen molar-refractivity contribution in [2.24, 2.45) is 0 Å². The van der Waals surface area contributed by atoms with Crippen LogP contribution in [0.5, 0.6) is 0 Å². The molecule has 0 unspecified atom stereocenters. The van der Waals surface area contributed by atoms with Crippen molar-refractivity contribution >= 4 is 6.03 Å². The molecule has 1 rings (SSSR count). The van der Waals surface area contributed by atoms with Gasteiger partial charge in [0, 0.05) is 6.54 Å². The lowest BCUT2D eigenvalue weighted by Gasteiger charge is -2.36. The first kappa shape index (κ1) is 12.1. The van der Waals surface area contributed by atoms with Gasteiger partial charge in [0.2, 0.25) is 0 Å². The zero-order valence-electron chi connectivity index (χ0n) is 8.02. The number of hydrogen-bond donors (Lipinski definition) is 3. The van der Waals surface area contributed by atoms with E-state index in [1.54, 1.807) is 5.32 Å². The summed E-state index contributed by atoms with van der Waals surface area (Å²) in [6.07, 6.45) is -2.38. The van der Waals surface area contributed by atoms with E-state index in [-0.39, 0.29) is 6.54 Å². The molecule has 0 atom stereocenters. The highest BCUT2D eigenvalue weighted by Crippen LogP contribution is 2.30. The fourth-order valence-corrected chi connectivity index (χ4v) is 1.25. The predicted molar refractivity (Wildman–Crippen MR) is 46.3 cm³/mol. The van der Waals surface area contributed by atoms with Crippen molar-refractivity contribution in [3.8, 4) is 0 Å². The quantitative estimate of drug-likeness (QED) is 0.665. The van der Waals surface area contributed by atoms with Crippen LogP contribution in [-0.2, 0) is 0 Å². The van der Waals surface area contributed by atoms with Gasteiger partial charge in [0.1, 0.15) is 6.54 Å². The summed E-state index contributed by atoms with van der Waals surface area (Å²) in [7, 11) is 0. The van der Waals surface area contributed by atoms with Gasteiger partial charge in [0.05, 0.1) is 5.60 Å². The number of amides is 2. The molecule has 15 heavy (non-hydrogen) atoms. The maximum absolute atomic E-state index is 11.7. The zero-order chi connectivity index (χ0) is 11.5. The highest BCUT2D eigenvalue weighted by Gasteiger charge is 2.34. The minimum atomic E-state index is -4.41. The molecule has 1 aliphatic carbocycles. The summed E-state index contributed by atoms with van der Waals surface area (Å²) < 4.78 is 35.0. The summed E-state index contributed by atoms with van der Waals surface area (Å²) in [5.41, 5.74) is -0.921. The summed E-state index contributed by atoms with van der Waals surface area (Å²) in [5.74, 6) is 0. The molecule has 88 valence electrons. The van der Waals surface area contributed by atoms with Crippen molar-refractivity contribution < 1.29 is 23.1 Å². The van der Waals surface area contributed by atoms with E-state index in [0.717, 1.165) is 6.42 Å². The van der Waals surface area contributed by atoms with E-state index in [4.69, 9.17) is 0 Å².